The van der Waals surface area contributed by atoms with E-state index >= 15 is 0 Å². The van der Waals surface area contributed by atoms with Gasteiger partial charge in [0.2, 0.25) is 10.0 Å². The van der Waals surface area contributed by atoms with E-state index in [0.717, 1.165) is 29.3 Å². The summed E-state index contributed by atoms with van der Waals surface area (Å²) < 4.78 is 29.2. The van der Waals surface area contributed by atoms with Crippen molar-refractivity contribution in [2.75, 3.05) is 0 Å². The van der Waals surface area contributed by atoms with Crippen molar-refractivity contribution >= 4 is 59.1 Å². The first-order valence-electron chi connectivity index (χ1n) is 6.49. The Bertz CT molecular complexity index is 677. The minimum atomic E-state index is -3.62. The highest BCUT2D eigenvalue weighted by molar-refractivity contribution is 9.11. The maximum Gasteiger partial charge on any atom is 0.242 e. The maximum absolute atomic E-state index is 12.6. The van der Waals surface area contributed by atoms with E-state index in [1.165, 1.54) is 0 Å². The lowest BCUT2D eigenvalue weighted by molar-refractivity contribution is 0.524. The molecule has 0 radical (unpaired) electrons. The van der Waals surface area contributed by atoms with Gasteiger partial charge in [0.05, 0.1) is 9.88 Å². The number of thiocarbonyl (C=S) groups is 1. The molecular formula is C13H16Br2N2O2S2. The smallest absolute Gasteiger partial charge is 0.242 e. The largest absolute Gasteiger partial charge is 0.393 e. The first-order valence-corrected chi connectivity index (χ1v) is 9.97. The number of benzene rings is 1. The van der Waals surface area contributed by atoms with Crippen molar-refractivity contribution in [1.29, 1.82) is 0 Å². The summed E-state index contributed by atoms with van der Waals surface area (Å²) in [6.07, 6.45) is 2.52. The van der Waals surface area contributed by atoms with Crippen LogP contribution in [0.25, 0.3) is 0 Å². The predicted molar refractivity (Wildman–Crippen MR) is 94.8 cm³/mol. The number of nitrogens with two attached hydrogens (primary N) is 1. The van der Waals surface area contributed by atoms with Crippen molar-refractivity contribution in [2.24, 2.45) is 11.7 Å². The summed E-state index contributed by atoms with van der Waals surface area (Å²) in [6.45, 7) is 1.90. The summed E-state index contributed by atoms with van der Waals surface area (Å²) in [5.41, 5.74) is 6.66. The topological polar surface area (TPSA) is 72.2 Å². The molecule has 3 N–H and O–H groups in total. The van der Waals surface area contributed by atoms with E-state index in [2.05, 4.69) is 36.6 Å². The molecule has 1 aliphatic carbocycles. The molecule has 21 heavy (non-hydrogen) atoms. The highest BCUT2D eigenvalue weighted by atomic mass is 79.9. The van der Waals surface area contributed by atoms with Gasteiger partial charge in [0.1, 0.15) is 0 Å². The zero-order valence-electron chi connectivity index (χ0n) is 11.4. The van der Waals surface area contributed by atoms with Crippen LogP contribution in [0.3, 0.4) is 0 Å². The SMILES string of the molecule is Cc1cc(Br)c(S(=O)(=O)NC2CCCC2C(N)=S)cc1Br. The molecule has 0 aromatic heterocycles. The van der Waals surface area contributed by atoms with Gasteiger partial charge in [-0.1, -0.05) is 34.6 Å². The lowest BCUT2D eigenvalue weighted by Gasteiger charge is -2.20. The quantitative estimate of drug-likeness (QED) is 0.683. The lowest BCUT2D eigenvalue weighted by Crippen LogP contribution is -2.41. The molecule has 1 aromatic carbocycles. The Kier molecular flexibility index (Phi) is 5.46. The van der Waals surface area contributed by atoms with Crippen LogP contribution in [0.2, 0.25) is 0 Å². The normalized spacial score (nSPS) is 22.4. The number of hydrogen-bond donors (Lipinski definition) is 2. The molecule has 0 heterocycles. The van der Waals surface area contributed by atoms with Crippen LogP contribution in [0, 0.1) is 12.8 Å². The Labute approximate surface area is 147 Å². The van der Waals surface area contributed by atoms with E-state index in [1.807, 2.05) is 6.92 Å². The zero-order valence-corrected chi connectivity index (χ0v) is 16.2. The molecule has 0 spiro atoms. The first kappa shape index (κ1) is 17.3. The van der Waals surface area contributed by atoms with Crippen molar-refractivity contribution in [1.82, 2.24) is 4.72 Å². The van der Waals surface area contributed by atoms with E-state index in [9.17, 15) is 8.42 Å². The van der Waals surface area contributed by atoms with E-state index in [-0.39, 0.29) is 16.9 Å². The molecule has 2 rings (SSSR count). The van der Waals surface area contributed by atoms with E-state index in [1.54, 1.807) is 12.1 Å². The minimum absolute atomic E-state index is 0.0672. The standard InChI is InChI=1S/C13H16Br2N2O2S2/c1-7-5-10(15)12(6-9(7)14)21(18,19)17-11-4-2-3-8(11)13(16)20/h5-6,8,11,17H,2-4H2,1H3,(H2,16,20). The van der Waals surface area contributed by atoms with Crippen LogP contribution in [0.5, 0.6) is 0 Å². The van der Waals surface area contributed by atoms with Gasteiger partial charge in [-0.05, 0) is 53.4 Å². The molecule has 8 heteroatoms. The van der Waals surface area contributed by atoms with Gasteiger partial charge in [0.15, 0.2) is 0 Å². The van der Waals surface area contributed by atoms with Gasteiger partial charge in [-0.25, -0.2) is 13.1 Å². The van der Waals surface area contributed by atoms with Gasteiger partial charge in [-0.15, -0.1) is 0 Å². The summed E-state index contributed by atoms with van der Waals surface area (Å²) in [7, 11) is -3.62. The second-order valence-corrected chi connectivity index (χ2v) is 9.06. The fourth-order valence-electron chi connectivity index (χ4n) is 2.54. The van der Waals surface area contributed by atoms with Gasteiger partial charge in [-0.2, -0.15) is 0 Å². The van der Waals surface area contributed by atoms with Crippen molar-refractivity contribution in [3.8, 4) is 0 Å². The predicted octanol–water partition coefficient (Wildman–Crippen LogP) is 3.25. The number of nitrogens with one attached hydrogen (secondary N) is 1. The second kappa shape index (κ2) is 6.62. The molecule has 2 atom stereocenters. The summed E-state index contributed by atoms with van der Waals surface area (Å²) in [6, 6.07) is 3.16. The number of hydrogen-bond acceptors (Lipinski definition) is 3. The highest BCUT2D eigenvalue weighted by Crippen LogP contribution is 2.31. The summed E-state index contributed by atoms with van der Waals surface area (Å²) in [4.78, 5) is 0.595. The molecule has 0 aliphatic heterocycles. The van der Waals surface area contributed by atoms with Crippen LogP contribution >= 0.6 is 44.1 Å². The first-order chi connectivity index (χ1) is 9.72. The van der Waals surface area contributed by atoms with Crippen LogP contribution < -0.4 is 10.5 Å². The molecule has 0 saturated heterocycles. The molecule has 0 amide bonds. The molecule has 1 fully saturated rings. The van der Waals surface area contributed by atoms with Gasteiger partial charge in [0, 0.05) is 20.9 Å². The minimum Gasteiger partial charge on any atom is -0.393 e. The molecule has 2 unspecified atom stereocenters. The van der Waals surface area contributed by atoms with Crippen molar-refractivity contribution in [3.05, 3.63) is 26.6 Å². The van der Waals surface area contributed by atoms with E-state index < -0.39 is 10.0 Å². The van der Waals surface area contributed by atoms with Crippen molar-refractivity contribution in [3.63, 3.8) is 0 Å². The Morgan fingerprint density at radius 1 is 1.33 bits per heavy atom. The maximum atomic E-state index is 12.6. The molecule has 0 bridgehead atoms. The molecular weight excluding hydrogens is 440 g/mol. The molecule has 116 valence electrons. The van der Waals surface area contributed by atoms with Gasteiger partial charge >= 0.3 is 0 Å². The van der Waals surface area contributed by atoms with Crippen molar-refractivity contribution in [2.45, 2.75) is 37.1 Å². The number of sulfonamides is 1. The van der Waals surface area contributed by atoms with Crippen LogP contribution in [0.15, 0.2) is 26.0 Å². The lowest BCUT2D eigenvalue weighted by atomic mass is 10.1. The molecule has 1 aliphatic rings. The third kappa shape index (κ3) is 3.85. The van der Waals surface area contributed by atoms with Gasteiger partial charge < -0.3 is 5.73 Å². The second-order valence-electron chi connectivity index (χ2n) is 5.20. The Morgan fingerprint density at radius 3 is 2.62 bits per heavy atom. The van der Waals surface area contributed by atoms with Gasteiger partial charge in [0.25, 0.3) is 0 Å². The monoisotopic (exact) mass is 454 g/mol. The Balaban J connectivity index is 2.31. The average Bonchev–Trinajstić information content (AvgIpc) is 2.81. The highest BCUT2D eigenvalue weighted by Gasteiger charge is 2.33. The van der Waals surface area contributed by atoms with Crippen LogP contribution in [0.4, 0.5) is 0 Å². The van der Waals surface area contributed by atoms with E-state index in [4.69, 9.17) is 18.0 Å². The summed E-state index contributed by atoms with van der Waals surface area (Å²) in [5.74, 6) is -0.0672. The Morgan fingerprint density at radius 2 is 2.00 bits per heavy atom. The van der Waals surface area contributed by atoms with Crippen LogP contribution in [-0.4, -0.2) is 19.4 Å². The zero-order chi connectivity index (χ0) is 15.8. The van der Waals surface area contributed by atoms with Crippen molar-refractivity contribution < 1.29 is 8.42 Å². The number of halogens is 2. The molecule has 4 nitrogen and oxygen atoms in total. The van der Waals surface area contributed by atoms with E-state index in [0.29, 0.717) is 9.46 Å². The average molecular weight is 456 g/mol. The summed E-state index contributed by atoms with van der Waals surface area (Å²) >= 11 is 11.7. The van der Waals surface area contributed by atoms with Gasteiger partial charge in [-0.3, -0.25) is 0 Å². The molecule has 1 aromatic rings. The third-order valence-electron chi connectivity index (χ3n) is 3.69. The number of aryl methyl sites for hydroxylation is 1. The van der Waals surface area contributed by atoms with Crippen LogP contribution in [0.1, 0.15) is 24.8 Å². The third-order valence-corrected chi connectivity index (χ3v) is 7.30. The fraction of sp³-hybridized carbons (Fsp3) is 0.462. The number of rotatable bonds is 4. The molecule has 1 saturated carbocycles. The van der Waals surface area contributed by atoms with Crippen LogP contribution in [-0.2, 0) is 10.0 Å². The Hall–Kier alpha value is -0.0200. The fourth-order valence-corrected chi connectivity index (χ4v) is 5.81. The summed E-state index contributed by atoms with van der Waals surface area (Å²) in [5, 5.41) is 0.